The third-order valence-corrected chi connectivity index (χ3v) is 5.28. The van der Waals surface area contributed by atoms with E-state index in [4.69, 9.17) is 9.15 Å². The van der Waals surface area contributed by atoms with Gasteiger partial charge in [-0.25, -0.2) is 4.98 Å². The molecule has 0 atom stereocenters. The third-order valence-electron chi connectivity index (χ3n) is 5.28. The fourth-order valence-corrected chi connectivity index (χ4v) is 3.67. The lowest BCUT2D eigenvalue weighted by molar-refractivity contribution is 0.138. The number of rotatable bonds is 9. The zero-order valence-corrected chi connectivity index (χ0v) is 16.3. The first-order valence-corrected chi connectivity index (χ1v) is 9.63. The van der Waals surface area contributed by atoms with Crippen molar-refractivity contribution < 1.29 is 9.15 Å². The minimum atomic E-state index is 0.330. The van der Waals surface area contributed by atoms with E-state index in [1.54, 1.807) is 20.4 Å². The molecule has 3 N–H and O–H groups in total. The molecule has 3 rings (SSSR count). The first-order valence-electron chi connectivity index (χ1n) is 9.63. The van der Waals surface area contributed by atoms with Gasteiger partial charge in [-0.2, -0.15) is 5.10 Å². The lowest BCUT2D eigenvalue weighted by Gasteiger charge is -2.29. The number of guanidine groups is 1. The van der Waals surface area contributed by atoms with Gasteiger partial charge in [0.1, 0.15) is 5.82 Å². The van der Waals surface area contributed by atoms with E-state index in [2.05, 4.69) is 30.8 Å². The van der Waals surface area contributed by atoms with Crippen LogP contribution in [0.2, 0.25) is 0 Å². The molecule has 0 aliphatic heterocycles. The topological polar surface area (TPSA) is 100 Å². The zero-order valence-electron chi connectivity index (χ0n) is 16.3. The van der Waals surface area contributed by atoms with Gasteiger partial charge in [-0.05, 0) is 36.8 Å². The van der Waals surface area contributed by atoms with Crippen molar-refractivity contribution in [2.24, 2.45) is 10.4 Å². The van der Waals surface area contributed by atoms with Crippen molar-refractivity contribution in [3.63, 3.8) is 0 Å². The minimum Gasteiger partial charge on any atom is -0.461 e. The molecule has 27 heavy (non-hydrogen) atoms. The predicted octanol–water partition coefficient (Wildman–Crippen LogP) is 2.37. The zero-order chi connectivity index (χ0) is 19.0. The Balaban J connectivity index is 1.44. The molecular weight excluding hydrogens is 344 g/mol. The first-order chi connectivity index (χ1) is 13.2. The van der Waals surface area contributed by atoms with Crippen LogP contribution in [-0.2, 0) is 11.2 Å². The quantitative estimate of drug-likeness (QED) is 0.460. The number of aliphatic imine (C=N–C) groups is 1. The summed E-state index contributed by atoms with van der Waals surface area (Å²) in [6.07, 6.45) is 8.57. The van der Waals surface area contributed by atoms with Gasteiger partial charge in [-0.3, -0.25) is 10.1 Å². The van der Waals surface area contributed by atoms with Gasteiger partial charge in [0.2, 0.25) is 5.82 Å². The minimum absolute atomic E-state index is 0.330. The Hall–Kier alpha value is -2.35. The third kappa shape index (κ3) is 5.32. The number of hydrogen-bond donors (Lipinski definition) is 3. The van der Waals surface area contributed by atoms with Crippen LogP contribution >= 0.6 is 0 Å². The maximum Gasteiger partial charge on any atom is 0.216 e. The maximum absolute atomic E-state index is 5.31. The summed E-state index contributed by atoms with van der Waals surface area (Å²) in [5, 5.41) is 14.0. The molecule has 1 aliphatic rings. The van der Waals surface area contributed by atoms with Crippen LogP contribution in [0.1, 0.15) is 37.9 Å². The summed E-state index contributed by atoms with van der Waals surface area (Å²) in [7, 11) is 3.58. The highest BCUT2D eigenvalue weighted by atomic mass is 16.5. The van der Waals surface area contributed by atoms with Gasteiger partial charge in [0.15, 0.2) is 11.7 Å². The van der Waals surface area contributed by atoms with Crippen LogP contribution < -0.4 is 10.6 Å². The standard InChI is InChI=1S/C19H30N6O2/c1-20-18(22-14-19(10-13-26-2)8-3-4-9-19)21-11-7-16-23-17(25-24-16)15-6-5-12-27-15/h5-6,12H,3-4,7-11,13-14H2,1-2H3,(H2,20,21,22)(H,23,24,25). The summed E-state index contributed by atoms with van der Waals surface area (Å²) in [6, 6.07) is 3.67. The Morgan fingerprint density at radius 2 is 2.22 bits per heavy atom. The van der Waals surface area contributed by atoms with E-state index in [9.17, 15) is 0 Å². The van der Waals surface area contributed by atoms with Gasteiger partial charge in [0, 0.05) is 40.3 Å². The summed E-state index contributed by atoms with van der Waals surface area (Å²) in [5.41, 5.74) is 0.330. The highest BCUT2D eigenvalue weighted by Crippen LogP contribution is 2.40. The number of hydrogen-bond acceptors (Lipinski definition) is 5. The number of aromatic amines is 1. The van der Waals surface area contributed by atoms with Crippen LogP contribution in [0.5, 0.6) is 0 Å². The van der Waals surface area contributed by atoms with Gasteiger partial charge >= 0.3 is 0 Å². The van der Waals surface area contributed by atoms with E-state index in [-0.39, 0.29) is 0 Å². The first kappa shape index (κ1) is 19.4. The molecular formula is C19H30N6O2. The molecule has 8 nitrogen and oxygen atoms in total. The number of ether oxygens (including phenoxy) is 1. The van der Waals surface area contributed by atoms with Gasteiger partial charge in [-0.15, -0.1) is 0 Å². The molecule has 1 aliphatic carbocycles. The van der Waals surface area contributed by atoms with E-state index in [1.807, 2.05) is 12.1 Å². The number of nitrogens with zero attached hydrogens (tertiary/aromatic N) is 3. The number of aromatic nitrogens is 3. The monoisotopic (exact) mass is 374 g/mol. The fourth-order valence-electron chi connectivity index (χ4n) is 3.67. The van der Waals surface area contributed by atoms with Crippen molar-refractivity contribution in [2.75, 3.05) is 33.9 Å². The summed E-state index contributed by atoms with van der Waals surface area (Å²) in [4.78, 5) is 8.79. The molecule has 2 heterocycles. The molecule has 0 spiro atoms. The lowest BCUT2D eigenvalue weighted by Crippen LogP contribution is -2.44. The molecule has 0 saturated heterocycles. The second kappa shape index (κ2) is 9.55. The largest absolute Gasteiger partial charge is 0.461 e. The van der Waals surface area contributed by atoms with Gasteiger partial charge in [0.05, 0.1) is 6.26 Å². The average molecular weight is 374 g/mol. The van der Waals surface area contributed by atoms with Gasteiger partial charge in [0.25, 0.3) is 0 Å². The summed E-state index contributed by atoms with van der Waals surface area (Å²) in [6.45, 7) is 2.47. The molecule has 2 aromatic rings. The highest BCUT2D eigenvalue weighted by Gasteiger charge is 2.33. The van der Waals surface area contributed by atoms with Crippen LogP contribution in [0.15, 0.2) is 27.8 Å². The summed E-state index contributed by atoms with van der Waals surface area (Å²) in [5.74, 6) is 2.89. The van der Waals surface area contributed by atoms with E-state index < -0.39 is 0 Å². The molecule has 8 heteroatoms. The van der Waals surface area contributed by atoms with Crippen LogP contribution in [0.3, 0.4) is 0 Å². The molecule has 0 unspecified atom stereocenters. The number of methoxy groups -OCH3 is 1. The molecule has 0 amide bonds. The predicted molar refractivity (Wildman–Crippen MR) is 105 cm³/mol. The van der Waals surface area contributed by atoms with E-state index in [0.717, 1.165) is 44.3 Å². The van der Waals surface area contributed by atoms with Crippen molar-refractivity contribution >= 4 is 5.96 Å². The SMILES string of the molecule is CN=C(NCCc1nc(-c2ccco2)n[nH]1)NCC1(CCOC)CCCC1. The summed E-state index contributed by atoms with van der Waals surface area (Å²) < 4.78 is 10.6. The van der Waals surface area contributed by atoms with Crippen molar-refractivity contribution in [2.45, 2.75) is 38.5 Å². The fraction of sp³-hybridized carbons (Fsp3) is 0.632. The smallest absolute Gasteiger partial charge is 0.216 e. The Bertz CT molecular complexity index is 704. The van der Waals surface area contributed by atoms with E-state index >= 15 is 0 Å². The van der Waals surface area contributed by atoms with Crippen LogP contribution in [0.25, 0.3) is 11.6 Å². The van der Waals surface area contributed by atoms with E-state index in [1.165, 1.54) is 25.7 Å². The molecule has 0 radical (unpaired) electrons. The van der Waals surface area contributed by atoms with Crippen molar-refractivity contribution in [3.05, 3.63) is 24.2 Å². The van der Waals surface area contributed by atoms with Crippen LogP contribution in [0, 0.1) is 5.41 Å². The molecule has 148 valence electrons. The normalized spacial score (nSPS) is 16.6. The Morgan fingerprint density at radius 3 is 2.93 bits per heavy atom. The molecule has 0 aromatic carbocycles. The van der Waals surface area contributed by atoms with E-state index in [0.29, 0.717) is 17.0 Å². The second-order valence-corrected chi connectivity index (χ2v) is 7.14. The average Bonchev–Trinajstić information content (AvgIpc) is 3.44. The molecule has 2 aromatic heterocycles. The van der Waals surface area contributed by atoms with Gasteiger partial charge < -0.3 is 19.8 Å². The van der Waals surface area contributed by atoms with Crippen molar-refractivity contribution in [1.29, 1.82) is 0 Å². The molecule has 1 saturated carbocycles. The molecule has 0 bridgehead atoms. The Kier molecular flexibility index (Phi) is 6.86. The highest BCUT2D eigenvalue weighted by molar-refractivity contribution is 5.79. The Labute approximate surface area is 160 Å². The Morgan fingerprint density at radius 1 is 1.37 bits per heavy atom. The van der Waals surface area contributed by atoms with Crippen molar-refractivity contribution in [3.8, 4) is 11.6 Å². The molecule has 1 fully saturated rings. The number of H-pyrrole nitrogens is 1. The second-order valence-electron chi connectivity index (χ2n) is 7.14. The summed E-state index contributed by atoms with van der Waals surface area (Å²) >= 11 is 0. The van der Waals surface area contributed by atoms with Crippen LogP contribution in [0.4, 0.5) is 0 Å². The number of nitrogens with one attached hydrogen (secondary N) is 3. The maximum atomic E-state index is 5.31. The van der Waals surface area contributed by atoms with Gasteiger partial charge in [-0.1, -0.05) is 12.8 Å². The lowest BCUT2D eigenvalue weighted by atomic mass is 9.83. The van der Waals surface area contributed by atoms with Crippen molar-refractivity contribution in [1.82, 2.24) is 25.8 Å². The number of furan rings is 1. The van der Waals surface area contributed by atoms with Crippen LogP contribution in [-0.4, -0.2) is 55.0 Å².